The van der Waals surface area contributed by atoms with Gasteiger partial charge in [0.15, 0.2) is 0 Å². The topological polar surface area (TPSA) is 111 Å². The molecule has 0 fully saturated rings. The lowest BCUT2D eigenvalue weighted by Gasteiger charge is -2.19. The van der Waals surface area contributed by atoms with Crippen molar-refractivity contribution in [2.45, 2.75) is 23.5 Å². The summed E-state index contributed by atoms with van der Waals surface area (Å²) in [6.45, 7) is -0.217. The smallest absolute Gasteiger partial charge is 0.138 e. The Balaban J connectivity index is 2.95. The third-order valence-corrected chi connectivity index (χ3v) is 2.91. The summed E-state index contributed by atoms with van der Waals surface area (Å²) in [6.07, 6.45) is -2.18. The third kappa shape index (κ3) is 3.61. The van der Waals surface area contributed by atoms with E-state index in [1.807, 2.05) is 5.40 Å². The van der Waals surface area contributed by atoms with Crippen molar-refractivity contribution < 1.29 is 15.3 Å². The molecule has 0 aromatic heterocycles. The van der Waals surface area contributed by atoms with E-state index in [1.54, 1.807) is 18.2 Å². The van der Waals surface area contributed by atoms with Crippen molar-refractivity contribution in [2.24, 2.45) is 0 Å². The molecule has 17 heavy (non-hydrogen) atoms. The lowest BCUT2D eigenvalue weighted by molar-refractivity contribution is 0.00450. The minimum atomic E-state index is -1.17. The quantitative estimate of drug-likeness (QED) is 0.348. The summed E-state index contributed by atoms with van der Waals surface area (Å²) in [5.74, 6) is 0. The fraction of sp³-hybridized carbons (Fsp3) is 0.364. The Morgan fingerprint density at radius 2 is 2.12 bits per heavy atom. The van der Waals surface area contributed by atoms with E-state index in [0.717, 1.165) is 11.8 Å². The number of nitrogen functional groups attached to an aromatic ring is 1. The van der Waals surface area contributed by atoms with Gasteiger partial charge in [-0.15, -0.1) is 0 Å². The van der Waals surface area contributed by atoms with Crippen LogP contribution >= 0.6 is 11.8 Å². The molecule has 0 saturated carbocycles. The largest absolute Gasteiger partial charge is 0.398 e. The highest BCUT2D eigenvalue weighted by molar-refractivity contribution is 8.03. The molecule has 5 nitrogen and oxygen atoms in total. The Hall–Kier alpha value is -1.26. The SMILES string of the molecule is N#CSc1ccc(N)c(C(O)C(O)CCO)c1. The van der Waals surface area contributed by atoms with E-state index < -0.39 is 12.2 Å². The van der Waals surface area contributed by atoms with Crippen LogP contribution in [0.5, 0.6) is 0 Å². The molecule has 2 unspecified atom stereocenters. The maximum atomic E-state index is 9.86. The van der Waals surface area contributed by atoms with Gasteiger partial charge in [-0.05, 0) is 36.4 Å². The third-order valence-electron chi connectivity index (χ3n) is 2.33. The summed E-state index contributed by atoms with van der Waals surface area (Å²) in [6, 6.07) is 4.80. The van der Waals surface area contributed by atoms with Crippen LogP contribution < -0.4 is 5.73 Å². The summed E-state index contributed by atoms with van der Waals surface area (Å²) in [7, 11) is 0. The van der Waals surface area contributed by atoms with Gasteiger partial charge in [0.1, 0.15) is 11.5 Å². The fourth-order valence-electron chi connectivity index (χ4n) is 1.42. The van der Waals surface area contributed by atoms with Crippen LogP contribution in [0.4, 0.5) is 5.69 Å². The van der Waals surface area contributed by atoms with Gasteiger partial charge in [-0.3, -0.25) is 0 Å². The van der Waals surface area contributed by atoms with Crippen molar-refractivity contribution >= 4 is 17.4 Å². The van der Waals surface area contributed by atoms with Gasteiger partial charge in [0, 0.05) is 22.8 Å². The number of aliphatic hydroxyl groups is 3. The Kier molecular flexibility index (Phi) is 5.25. The minimum Gasteiger partial charge on any atom is -0.398 e. The Morgan fingerprint density at radius 1 is 1.41 bits per heavy atom. The van der Waals surface area contributed by atoms with E-state index in [-0.39, 0.29) is 13.0 Å². The van der Waals surface area contributed by atoms with E-state index in [1.165, 1.54) is 0 Å². The number of thioether (sulfide) groups is 1. The molecular formula is C11H14N2O3S. The van der Waals surface area contributed by atoms with Crippen LogP contribution in [0.25, 0.3) is 0 Å². The number of nitrogens with zero attached hydrogens (tertiary/aromatic N) is 1. The lowest BCUT2D eigenvalue weighted by Crippen LogP contribution is -2.20. The van der Waals surface area contributed by atoms with Crippen LogP contribution in [0.1, 0.15) is 18.1 Å². The Bertz CT molecular complexity index is 420. The molecule has 0 aliphatic rings. The van der Waals surface area contributed by atoms with E-state index in [9.17, 15) is 10.2 Å². The first-order valence-corrected chi connectivity index (χ1v) is 5.84. The lowest BCUT2D eigenvalue weighted by atomic mass is 10.0. The van der Waals surface area contributed by atoms with Gasteiger partial charge >= 0.3 is 0 Å². The number of thiocyanates is 1. The van der Waals surface area contributed by atoms with E-state index in [4.69, 9.17) is 16.1 Å². The predicted molar refractivity (Wildman–Crippen MR) is 65.0 cm³/mol. The molecule has 0 heterocycles. The van der Waals surface area contributed by atoms with Gasteiger partial charge in [-0.1, -0.05) is 0 Å². The first kappa shape index (κ1) is 13.8. The zero-order valence-corrected chi connectivity index (χ0v) is 9.89. The van der Waals surface area contributed by atoms with Crippen LogP contribution in [-0.2, 0) is 0 Å². The number of benzene rings is 1. The van der Waals surface area contributed by atoms with Crippen molar-refractivity contribution in [1.82, 2.24) is 0 Å². The first-order valence-electron chi connectivity index (χ1n) is 5.02. The maximum Gasteiger partial charge on any atom is 0.138 e. The molecular weight excluding hydrogens is 240 g/mol. The highest BCUT2D eigenvalue weighted by Crippen LogP contribution is 2.29. The number of rotatable bonds is 5. The molecule has 6 heteroatoms. The van der Waals surface area contributed by atoms with Crippen molar-refractivity contribution in [3.8, 4) is 5.40 Å². The summed E-state index contributed by atoms with van der Waals surface area (Å²) < 4.78 is 0. The fourth-order valence-corrected chi connectivity index (χ4v) is 1.85. The zero-order chi connectivity index (χ0) is 12.8. The Morgan fingerprint density at radius 3 is 2.71 bits per heavy atom. The van der Waals surface area contributed by atoms with E-state index >= 15 is 0 Å². The summed E-state index contributed by atoms with van der Waals surface area (Å²) in [4.78, 5) is 0.645. The molecule has 1 rings (SSSR count). The molecule has 0 saturated heterocycles. The highest BCUT2D eigenvalue weighted by atomic mass is 32.2. The van der Waals surface area contributed by atoms with Crippen LogP contribution in [0.2, 0.25) is 0 Å². The van der Waals surface area contributed by atoms with E-state index in [2.05, 4.69) is 0 Å². The molecule has 0 bridgehead atoms. The van der Waals surface area contributed by atoms with Crippen molar-refractivity contribution in [3.63, 3.8) is 0 Å². The number of aliphatic hydroxyl groups excluding tert-OH is 3. The van der Waals surface area contributed by atoms with Crippen LogP contribution in [0, 0.1) is 10.7 Å². The minimum absolute atomic E-state index is 0.0657. The molecule has 1 aromatic rings. The summed E-state index contributed by atoms with van der Waals surface area (Å²) in [5.41, 5.74) is 6.41. The molecule has 92 valence electrons. The van der Waals surface area contributed by atoms with Gasteiger partial charge < -0.3 is 21.1 Å². The number of nitrogens with two attached hydrogens (primary N) is 1. The molecule has 0 spiro atoms. The average molecular weight is 254 g/mol. The number of hydrogen-bond acceptors (Lipinski definition) is 6. The van der Waals surface area contributed by atoms with Gasteiger partial charge in [0.05, 0.1) is 6.10 Å². The monoisotopic (exact) mass is 254 g/mol. The van der Waals surface area contributed by atoms with E-state index in [0.29, 0.717) is 16.1 Å². The second-order valence-corrected chi connectivity index (χ2v) is 4.37. The first-order chi connectivity index (χ1) is 8.10. The molecule has 0 aliphatic heterocycles. The van der Waals surface area contributed by atoms with Crippen LogP contribution in [-0.4, -0.2) is 28.0 Å². The van der Waals surface area contributed by atoms with Gasteiger partial charge in [-0.25, -0.2) is 0 Å². The highest BCUT2D eigenvalue weighted by Gasteiger charge is 2.20. The van der Waals surface area contributed by atoms with Gasteiger partial charge in [0.2, 0.25) is 0 Å². The molecule has 5 N–H and O–H groups in total. The van der Waals surface area contributed by atoms with Crippen molar-refractivity contribution in [3.05, 3.63) is 23.8 Å². The normalized spacial score (nSPS) is 14.0. The molecule has 1 aromatic carbocycles. The second-order valence-electron chi connectivity index (χ2n) is 3.51. The number of nitriles is 1. The van der Waals surface area contributed by atoms with Crippen LogP contribution in [0.15, 0.2) is 23.1 Å². The number of anilines is 1. The standard InChI is InChI=1S/C11H14N2O3S/c12-6-17-7-1-2-9(13)8(5-7)11(16)10(15)3-4-14/h1-2,5,10-11,14-16H,3-4,13H2. The molecule has 0 aliphatic carbocycles. The summed E-state index contributed by atoms with van der Waals surface area (Å²) in [5, 5.41) is 38.6. The molecule has 2 atom stereocenters. The number of hydrogen-bond donors (Lipinski definition) is 4. The second kappa shape index (κ2) is 6.47. The van der Waals surface area contributed by atoms with Crippen molar-refractivity contribution in [1.29, 1.82) is 5.26 Å². The zero-order valence-electron chi connectivity index (χ0n) is 9.08. The molecule has 0 radical (unpaired) electrons. The van der Waals surface area contributed by atoms with Gasteiger partial charge in [-0.2, -0.15) is 5.26 Å². The maximum absolute atomic E-state index is 9.86. The predicted octanol–water partition coefficient (Wildman–Crippen LogP) is 0.619. The van der Waals surface area contributed by atoms with Gasteiger partial charge in [0.25, 0.3) is 0 Å². The van der Waals surface area contributed by atoms with Crippen molar-refractivity contribution in [2.75, 3.05) is 12.3 Å². The average Bonchev–Trinajstić information content (AvgIpc) is 2.31. The Labute approximate surface area is 103 Å². The van der Waals surface area contributed by atoms with Crippen LogP contribution in [0.3, 0.4) is 0 Å². The summed E-state index contributed by atoms with van der Waals surface area (Å²) >= 11 is 0.948. The molecule has 0 amide bonds.